The molecule has 0 radical (unpaired) electrons. The fraction of sp³-hybridized carbons (Fsp3) is 0.0870. The average Bonchev–Trinajstić information content (AvgIpc) is 2.75. The second-order valence-corrected chi connectivity index (χ2v) is 6.87. The van der Waals surface area contributed by atoms with Crippen LogP contribution in [0.25, 0.3) is 0 Å². The van der Waals surface area contributed by atoms with Gasteiger partial charge in [0.25, 0.3) is 5.91 Å². The maximum absolute atomic E-state index is 12.3. The predicted molar refractivity (Wildman–Crippen MR) is 118 cm³/mol. The second kappa shape index (κ2) is 10.3. The lowest BCUT2D eigenvalue weighted by atomic mass is 10.2. The van der Waals surface area contributed by atoms with Crippen molar-refractivity contribution in [2.75, 3.05) is 17.2 Å². The van der Waals surface area contributed by atoms with E-state index in [1.165, 1.54) is 19.1 Å². The number of esters is 1. The Kier molecular flexibility index (Phi) is 7.24. The van der Waals surface area contributed by atoms with Crippen LogP contribution in [0, 0.1) is 0 Å². The van der Waals surface area contributed by atoms with Crippen molar-refractivity contribution < 1.29 is 23.9 Å². The van der Waals surface area contributed by atoms with E-state index in [9.17, 15) is 14.4 Å². The van der Waals surface area contributed by atoms with Gasteiger partial charge in [-0.25, -0.2) is 4.79 Å². The zero-order valence-corrected chi connectivity index (χ0v) is 17.3. The third-order valence-corrected chi connectivity index (χ3v) is 4.20. The second-order valence-electron chi connectivity index (χ2n) is 6.44. The number of benzene rings is 3. The van der Waals surface area contributed by atoms with Crippen molar-refractivity contribution in [3.63, 3.8) is 0 Å². The maximum Gasteiger partial charge on any atom is 0.338 e. The van der Waals surface area contributed by atoms with Crippen LogP contribution in [0.2, 0.25) is 5.02 Å². The molecule has 0 bridgehead atoms. The van der Waals surface area contributed by atoms with Gasteiger partial charge in [-0.3, -0.25) is 9.59 Å². The third kappa shape index (κ3) is 6.58. The molecule has 0 unspecified atom stereocenters. The van der Waals surface area contributed by atoms with Crippen LogP contribution < -0.4 is 15.4 Å². The fourth-order valence-corrected chi connectivity index (χ4v) is 2.77. The molecule has 31 heavy (non-hydrogen) atoms. The van der Waals surface area contributed by atoms with E-state index in [1.807, 2.05) is 18.2 Å². The average molecular weight is 439 g/mol. The lowest BCUT2D eigenvalue weighted by Crippen LogP contribution is -2.21. The molecule has 0 spiro atoms. The van der Waals surface area contributed by atoms with Crippen molar-refractivity contribution >= 4 is 40.8 Å². The molecular weight excluding hydrogens is 420 g/mol. The first-order valence-electron chi connectivity index (χ1n) is 9.28. The standard InChI is InChI=1S/C23H19ClN2O5/c1-15(27)25-18-10-7-16(8-11-18)23(29)30-14-22(28)26-20-13-17(24)9-12-21(20)31-19-5-3-2-4-6-19/h2-13H,14H2,1H3,(H,25,27)(H,26,28). The molecule has 3 rings (SSSR count). The minimum absolute atomic E-state index is 0.219. The molecule has 0 saturated carbocycles. The maximum atomic E-state index is 12.3. The van der Waals surface area contributed by atoms with Crippen molar-refractivity contribution in [3.05, 3.63) is 83.4 Å². The Balaban J connectivity index is 1.60. The number of carbonyl (C=O) groups is 3. The van der Waals surface area contributed by atoms with Gasteiger partial charge in [0.2, 0.25) is 5.91 Å². The van der Waals surface area contributed by atoms with Crippen molar-refractivity contribution in [2.24, 2.45) is 0 Å². The summed E-state index contributed by atoms with van der Waals surface area (Å²) in [6.45, 7) is 0.889. The summed E-state index contributed by atoms with van der Waals surface area (Å²) >= 11 is 6.04. The molecule has 0 aliphatic heterocycles. The minimum Gasteiger partial charge on any atom is -0.455 e. The summed E-state index contributed by atoms with van der Waals surface area (Å²) in [7, 11) is 0. The van der Waals surface area contributed by atoms with Gasteiger partial charge >= 0.3 is 5.97 Å². The van der Waals surface area contributed by atoms with Crippen molar-refractivity contribution in [3.8, 4) is 11.5 Å². The molecule has 0 aliphatic carbocycles. The molecule has 2 amide bonds. The molecule has 0 atom stereocenters. The summed E-state index contributed by atoms with van der Waals surface area (Å²) in [5, 5.41) is 5.64. The topological polar surface area (TPSA) is 93.7 Å². The first-order valence-corrected chi connectivity index (χ1v) is 9.65. The number of anilines is 2. The van der Waals surface area contributed by atoms with Gasteiger partial charge in [-0.15, -0.1) is 0 Å². The molecule has 2 N–H and O–H groups in total. The van der Waals surface area contributed by atoms with Gasteiger partial charge in [0.15, 0.2) is 12.4 Å². The number of para-hydroxylation sites is 1. The Bertz CT molecular complexity index is 1080. The number of halogens is 1. The number of rotatable bonds is 7. The van der Waals surface area contributed by atoms with E-state index in [2.05, 4.69) is 10.6 Å². The highest BCUT2D eigenvalue weighted by Crippen LogP contribution is 2.32. The van der Waals surface area contributed by atoms with Crippen LogP contribution in [-0.2, 0) is 14.3 Å². The number of hydrogen-bond donors (Lipinski definition) is 2. The van der Waals surface area contributed by atoms with Crippen LogP contribution in [0.4, 0.5) is 11.4 Å². The zero-order chi connectivity index (χ0) is 22.2. The van der Waals surface area contributed by atoms with Crippen LogP contribution in [0.5, 0.6) is 11.5 Å². The van der Waals surface area contributed by atoms with Gasteiger partial charge in [-0.2, -0.15) is 0 Å². The highest BCUT2D eigenvalue weighted by Gasteiger charge is 2.13. The van der Waals surface area contributed by atoms with Crippen molar-refractivity contribution in [1.82, 2.24) is 0 Å². The van der Waals surface area contributed by atoms with E-state index < -0.39 is 18.5 Å². The molecule has 0 heterocycles. The van der Waals surface area contributed by atoms with Crippen molar-refractivity contribution in [1.29, 1.82) is 0 Å². The Morgan fingerprint density at radius 2 is 1.61 bits per heavy atom. The molecule has 0 aromatic heterocycles. The van der Waals surface area contributed by atoms with Crippen LogP contribution in [0.1, 0.15) is 17.3 Å². The highest BCUT2D eigenvalue weighted by molar-refractivity contribution is 6.31. The summed E-state index contributed by atoms with van der Waals surface area (Å²) in [4.78, 5) is 35.5. The summed E-state index contributed by atoms with van der Waals surface area (Å²) in [6, 6.07) is 20.0. The van der Waals surface area contributed by atoms with Gasteiger partial charge in [0.05, 0.1) is 11.3 Å². The monoisotopic (exact) mass is 438 g/mol. The van der Waals surface area contributed by atoms with Crippen LogP contribution in [0.15, 0.2) is 72.8 Å². The van der Waals surface area contributed by atoms with Crippen LogP contribution in [0.3, 0.4) is 0 Å². The molecule has 3 aromatic rings. The molecule has 8 heteroatoms. The molecule has 0 fully saturated rings. The van der Waals surface area contributed by atoms with Crippen LogP contribution >= 0.6 is 11.6 Å². The van der Waals surface area contributed by atoms with E-state index in [0.717, 1.165) is 0 Å². The van der Waals surface area contributed by atoms with Gasteiger partial charge in [-0.1, -0.05) is 29.8 Å². The summed E-state index contributed by atoms with van der Waals surface area (Å²) in [5.74, 6) is -0.457. The summed E-state index contributed by atoms with van der Waals surface area (Å²) in [5.41, 5.74) is 1.14. The van der Waals surface area contributed by atoms with E-state index >= 15 is 0 Å². The van der Waals surface area contributed by atoms with Gasteiger partial charge in [0.1, 0.15) is 5.75 Å². The first-order chi connectivity index (χ1) is 14.9. The van der Waals surface area contributed by atoms with E-state index in [0.29, 0.717) is 27.9 Å². The smallest absolute Gasteiger partial charge is 0.338 e. The molecule has 158 valence electrons. The van der Waals surface area contributed by atoms with Gasteiger partial charge in [0, 0.05) is 17.6 Å². The highest BCUT2D eigenvalue weighted by atomic mass is 35.5. The Hall–Kier alpha value is -3.84. The normalized spacial score (nSPS) is 10.1. The lowest BCUT2D eigenvalue weighted by Gasteiger charge is -2.13. The number of ether oxygens (including phenoxy) is 2. The predicted octanol–water partition coefficient (Wildman–Crippen LogP) is 4.89. The molecule has 0 aliphatic rings. The van der Waals surface area contributed by atoms with Gasteiger partial charge in [-0.05, 0) is 54.6 Å². The SMILES string of the molecule is CC(=O)Nc1ccc(C(=O)OCC(=O)Nc2cc(Cl)ccc2Oc2ccccc2)cc1. The number of hydrogen-bond acceptors (Lipinski definition) is 5. The van der Waals surface area contributed by atoms with Crippen molar-refractivity contribution in [2.45, 2.75) is 6.92 Å². The summed E-state index contributed by atoms with van der Waals surface area (Å²) < 4.78 is 10.8. The lowest BCUT2D eigenvalue weighted by molar-refractivity contribution is -0.119. The molecular formula is C23H19ClN2O5. The largest absolute Gasteiger partial charge is 0.455 e. The summed E-state index contributed by atoms with van der Waals surface area (Å²) in [6.07, 6.45) is 0. The molecule has 3 aromatic carbocycles. The number of carbonyl (C=O) groups excluding carboxylic acids is 3. The molecule has 7 nitrogen and oxygen atoms in total. The first kappa shape index (κ1) is 21.9. The number of amides is 2. The van der Waals surface area contributed by atoms with Crippen LogP contribution in [-0.4, -0.2) is 24.4 Å². The van der Waals surface area contributed by atoms with E-state index in [4.69, 9.17) is 21.1 Å². The minimum atomic E-state index is -0.670. The van der Waals surface area contributed by atoms with E-state index in [1.54, 1.807) is 42.5 Å². The Morgan fingerprint density at radius 1 is 0.903 bits per heavy atom. The van der Waals surface area contributed by atoms with Gasteiger partial charge < -0.3 is 20.1 Å². The Morgan fingerprint density at radius 3 is 2.29 bits per heavy atom. The third-order valence-electron chi connectivity index (χ3n) is 3.96. The molecule has 0 saturated heterocycles. The zero-order valence-electron chi connectivity index (χ0n) is 16.6. The van der Waals surface area contributed by atoms with E-state index in [-0.39, 0.29) is 11.5 Å². The number of nitrogens with one attached hydrogen (secondary N) is 2. The Labute approximate surface area is 183 Å². The quantitative estimate of drug-likeness (QED) is 0.512. The fourth-order valence-electron chi connectivity index (χ4n) is 2.60.